The van der Waals surface area contributed by atoms with Crippen molar-refractivity contribution in [3.63, 3.8) is 0 Å². The first kappa shape index (κ1) is 15.4. The lowest BCUT2D eigenvalue weighted by molar-refractivity contribution is 0.0603. The fourth-order valence-electron chi connectivity index (χ4n) is 3.52. The lowest BCUT2D eigenvalue weighted by atomic mass is 10.00. The Morgan fingerprint density at radius 2 is 2.25 bits per heavy atom. The van der Waals surface area contributed by atoms with Gasteiger partial charge in [0.25, 0.3) is 5.91 Å². The third-order valence-corrected chi connectivity index (χ3v) is 5.72. The van der Waals surface area contributed by atoms with Crippen LogP contribution >= 0.6 is 11.3 Å². The van der Waals surface area contributed by atoms with Crippen molar-refractivity contribution >= 4 is 28.1 Å². The first-order valence-electron chi connectivity index (χ1n) is 8.61. The highest BCUT2D eigenvalue weighted by atomic mass is 32.1. The molecule has 1 unspecified atom stereocenters. The van der Waals surface area contributed by atoms with Crippen molar-refractivity contribution in [3.05, 3.63) is 41.4 Å². The van der Waals surface area contributed by atoms with Gasteiger partial charge in [0, 0.05) is 28.9 Å². The summed E-state index contributed by atoms with van der Waals surface area (Å²) in [6, 6.07) is 10.6. The Kier molecular flexibility index (Phi) is 4.10. The van der Waals surface area contributed by atoms with Crippen LogP contribution in [-0.4, -0.2) is 33.4 Å². The number of piperidine rings is 1. The maximum atomic E-state index is 12.8. The van der Waals surface area contributed by atoms with Gasteiger partial charge in [0.15, 0.2) is 0 Å². The molecule has 4 rings (SSSR count). The molecule has 3 aromatic rings. The predicted molar refractivity (Wildman–Crippen MR) is 98.4 cm³/mol. The lowest BCUT2D eigenvalue weighted by Crippen LogP contribution is -2.43. The van der Waals surface area contributed by atoms with Crippen molar-refractivity contribution in [3.8, 4) is 10.7 Å². The van der Waals surface area contributed by atoms with E-state index in [4.69, 9.17) is 0 Å². The molecule has 1 fully saturated rings. The van der Waals surface area contributed by atoms with Gasteiger partial charge in [-0.05, 0) is 37.8 Å². The molecule has 1 saturated heterocycles. The maximum Gasteiger partial charge on any atom is 0.273 e. The van der Waals surface area contributed by atoms with Gasteiger partial charge < -0.3 is 9.88 Å². The zero-order valence-corrected chi connectivity index (χ0v) is 14.6. The molecule has 1 amide bonds. The monoisotopic (exact) mass is 339 g/mol. The van der Waals surface area contributed by atoms with Crippen LogP contribution in [-0.2, 0) is 0 Å². The van der Waals surface area contributed by atoms with Crippen LogP contribution in [0.2, 0.25) is 0 Å². The van der Waals surface area contributed by atoms with Crippen LogP contribution in [0.15, 0.2) is 35.7 Å². The minimum Gasteiger partial charge on any atom is -0.353 e. The van der Waals surface area contributed by atoms with Gasteiger partial charge in [0.1, 0.15) is 10.7 Å². The summed E-state index contributed by atoms with van der Waals surface area (Å²) in [4.78, 5) is 22.9. The van der Waals surface area contributed by atoms with Crippen molar-refractivity contribution in [1.82, 2.24) is 14.9 Å². The zero-order chi connectivity index (χ0) is 16.5. The summed E-state index contributed by atoms with van der Waals surface area (Å²) in [7, 11) is 0. The number of aromatic amines is 1. The SMILES string of the molecule is CCC1CCCCN1C(=O)c1csc(-c2cc3ccccc3[nH]2)n1. The minimum absolute atomic E-state index is 0.0835. The summed E-state index contributed by atoms with van der Waals surface area (Å²) in [5, 5.41) is 3.93. The molecule has 0 spiro atoms. The van der Waals surface area contributed by atoms with Gasteiger partial charge in [-0.1, -0.05) is 25.1 Å². The van der Waals surface area contributed by atoms with Crippen LogP contribution < -0.4 is 0 Å². The van der Waals surface area contributed by atoms with E-state index in [0.717, 1.165) is 47.4 Å². The molecular weight excluding hydrogens is 318 g/mol. The summed E-state index contributed by atoms with van der Waals surface area (Å²) in [5.41, 5.74) is 2.65. The summed E-state index contributed by atoms with van der Waals surface area (Å²) >= 11 is 1.53. The van der Waals surface area contributed by atoms with Crippen molar-refractivity contribution in [1.29, 1.82) is 0 Å². The third kappa shape index (κ3) is 2.73. The number of likely N-dealkylation sites (tertiary alicyclic amines) is 1. The first-order chi connectivity index (χ1) is 11.8. The second-order valence-electron chi connectivity index (χ2n) is 6.36. The average Bonchev–Trinajstić information content (AvgIpc) is 3.27. The standard InChI is InChI=1S/C19H21N3OS/c1-2-14-8-5-6-10-22(14)19(23)17-12-24-18(21-17)16-11-13-7-3-4-9-15(13)20-16/h3-4,7,9,11-12,14,20H,2,5-6,8,10H2,1H3. The van der Waals surface area contributed by atoms with Gasteiger partial charge in [-0.25, -0.2) is 4.98 Å². The zero-order valence-electron chi connectivity index (χ0n) is 13.8. The molecule has 3 heterocycles. The summed E-state index contributed by atoms with van der Waals surface area (Å²) in [5.74, 6) is 0.0835. The molecule has 0 radical (unpaired) electrons. The molecule has 0 aliphatic carbocycles. The topological polar surface area (TPSA) is 49.0 Å². The Bertz CT molecular complexity index is 833. The molecule has 1 aromatic carbocycles. The Hall–Kier alpha value is -2.14. The van der Waals surface area contributed by atoms with Crippen molar-refractivity contribution < 1.29 is 4.79 Å². The van der Waals surface area contributed by atoms with Crippen LogP contribution in [0.3, 0.4) is 0 Å². The average molecular weight is 339 g/mol. The summed E-state index contributed by atoms with van der Waals surface area (Å²) < 4.78 is 0. The predicted octanol–water partition coefficient (Wildman–Crippen LogP) is 4.70. The van der Waals surface area contributed by atoms with Gasteiger partial charge in [0.05, 0.1) is 5.69 Å². The van der Waals surface area contributed by atoms with Crippen LogP contribution in [0, 0.1) is 0 Å². The summed E-state index contributed by atoms with van der Waals surface area (Å²) in [6.07, 6.45) is 4.45. The number of aromatic nitrogens is 2. The van der Waals surface area contributed by atoms with E-state index >= 15 is 0 Å². The van der Waals surface area contributed by atoms with Crippen LogP contribution in [0.25, 0.3) is 21.6 Å². The highest BCUT2D eigenvalue weighted by Crippen LogP contribution is 2.28. The van der Waals surface area contributed by atoms with Gasteiger partial charge in [-0.3, -0.25) is 4.79 Å². The van der Waals surface area contributed by atoms with E-state index < -0.39 is 0 Å². The number of hydrogen-bond acceptors (Lipinski definition) is 3. The van der Waals surface area contributed by atoms with Gasteiger partial charge >= 0.3 is 0 Å². The van der Waals surface area contributed by atoms with Gasteiger partial charge in [-0.15, -0.1) is 11.3 Å². The van der Waals surface area contributed by atoms with E-state index in [1.807, 2.05) is 22.4 Å². The number of benzene rings is 1. The number of carbonyl (C=O) groups is 1. The minimum atomic E-state index is 0.0835. The highest BCUT2D eigenvalue weighted by Gasteiger charge is 2.27. The van der Waals surface area contributed by atoms with E-state index in [2.05, 4.69) is 35.1 Å². The number of carbonyl (C=O) groups excluding carboxylic acids is 1. The smallest absolute Gasteiger partial charge is 0.273 e. The molecule has 124 valence electrons. The van der Waals surface area contributed by atoms with E-state index in [-0.39, 0.29) is 5.91 Å². The first-order valence-corrected chi connectivity index (χ1v) is 9.49. The fourth-order valence-corrected chi connectivity index (χ4v) is 4.29. The van der Waals surface area contributed by atoms with Crippen molar-refractivity contribution in [2.24, 2.45) is 0 Å². The second-order valence-corrected chi connectivity index (χ2v) is 7.22. The molecule has 0 bridgehead atoms. The molecule has 2 aromatic heterocycles. The van der Waals surface area contributed by atoms with E-state index in [9.17, 15) is 4.79 Å². The molecule has 24 heavy (non-hydrogen) atoms. The van der Waals surface area contributed by atoms with Crippen molar-refractivity contribution in [2.45, 2.75) is 38.6 Å². The molecule has 4 nitrogen and oxygen atoms in total. The highest BCUT2D eigenvalue weighted by molar-refractivity contribution is 7.13. The Balaban J connectivity index is 1.61. The number of H-pyrrole nitrogens is 1. The number of rotatable bonds is 3. The largest absolute Gasteiger partial charge is 0.353 e. The van der Waals surface area contributed by atoms with E-state index in [1.165, 1.54) is 17.8 Å². The molecule has 5 heteroatoms. The number of nitrogens with one attached hydrogen (secondary N) is 1. The van der Waals surface area contributed by atoms with Gasteiger partial charge in [-0.2, -0.15) is 0 Å². The molecule has 1 N–H and O–H groups in total. The lowest BCUT2D eigenvalue weighted by Gasteiger charge is -2.34. The van der Waals surface area contributed by atoms with E-state index in [0.29, 0.717) is 11.7 Å². The Labute approximate surface area is 145 Å². The van der Waals surface area contributed by atoms with Gasteiger partial charge in [0.2, 0.25) is 0 Å². The number of fused-ring (bicyclic) bond motifs is 1. The normalized spacial score (nSPS) is 18.2. The molecule has 1 aliphatic rings. The molecule has 0 saturated carbocycles. The van der Waals surface area contributed by atoms with E-state index in [1.54, 1.807) is 0 Å². The number of para-hydroxylation sites is 1. The fraction of sp³-hybridized carbons (Fsp3) is 0.368. The summed E-state index contributed by atoms with van der Waals surface area (Å²) in [6.45, 7) is 3.02. The maximum absolute atomic E-state index is 12.8. The second kappa shape index (κ2) is 6.40. The van der Waals surface area contributed by atoms with Crippen LogP contribution in [0.5, 0.6) is 0 Å². The Morgan fingerprint density at radius 1 is 1.38 bits per heavy atom. The number of amides is 1. The third-order valence-electron chi connectivity index (χ3n) is 4.84. The Morgan fingerprint density at radius 3 is 3.08 bits per heavy atom. The number of thiazole rings is 1. The van der Waals surface area contributed by atoms with Crippen LogP contribution in [0.1, 0.15) is 43.1 Å². The molecule has 1 atom stereocenters. The number of nitrogens with zero attached hydrogens (tertiary/aromatic N) is 2. The quantitative estimate of drug-likeness (QED) is 0.752. The molecular formula is C19H21N3OS. The molecule has 1 aliphatic heterocycles. The number of hydrogen-bond donors (Lipinski definition) is 1. The van der Waals surface area contributed by atoms with Crippen molar-refractivity contribution in [2.75, 3.05) is 6.54 Å². The van der Waals surface area contributed by atoms with Crippen LogP contribution in [0.4, 0.5) is 0 Å².